The summed E-state index contributed by atoms with van der Waals surface area (Å²) in [5, 5.41) is 13.9. The van der Waals surface area contributed by atoms with Crippen LogP contribution >= 0.6 is 15.9 Å². The molecular formula is C24H27BrN4O3. The maximum Gasteiger partial charge on any atom is 0.256 e. The number of benzene rings is 1. The molecular weight excluding hydrogens is 472 g/mol. The molecule has 1 saturated heterocycles. The highest BCUT2D eigenvalue weighted by Gasteiger charge is 2.37. The van der Waals surface area contributed by atoms with E-state index in [0.717, 1.165) is 45.8 Å². The summed E-state index contributed by atoms with van der Waals surface area (Å²) in [5.41, 5.74) is 4.57. The Labute approximate surface area is 195 Å². The summed E-state index contributed by atoms with van der Waals surface area (Å²) >= 11 is 3.47. The summed E-state index contributed by atoms with van der Waals surface area (Å²) < 4.78 is 0.902. The summed E-state index contributed by atoms with van der Waals surface area (Å²) in [6.07, 6.45) is 3.89. The number of carbonyl (C=O) groups is 2. The van der Waals surface area contributed by atoms with Gasteiger partial charge in [-0.2, -0.15) is 0 Å². The molecule has 7 nitrogen and oxygen atoms in total. The van der Waals surface area contributed by atoms with Gasteiger partial charge in [0.15, 0.2) is 0 Å². The monoisotopic (exact) mass is 498 g/mol. The second kappa shape index (κ2) is 7.86. The van der Waals surface area contributed by atoms with Crippen molar-refractivity contribution in [2.75, 3.05) is 38.5 Å². The van der Waals surface area contributed by atoms with Gasteiger partial charge in [0, 0.05) is 59.7 Å². The van der Waals surface area contributed by atoms with Gasteiger partial charge in [-0.05, 0) is 56.7 Å². The number of carbonyl (C=O) groups excluding carboxylic acids is 2. The largest absolute Gasteiger partial charge is 0.388 e. The fourth-order valence-electron chi connectivity index (χ4n) is 4.95. The number of halogens is 1. The molecule has 2 aromatic rings. The van der Waals surface area contributed by atoms with Crippen molar-refractivity contribution in [2.24, 2.45) is 0 Å². The lowest BCUT2D eigenvalue weighted by Crippen LogP contribution is -2.52. The zero-order chi connectivity index (χ0) is 22.6. The number of nitrogens with zero attached hydrogens (tertiary/aromatic N) is 2. The molecule has 0 bridgehead atoms. The van der Waals surface area contributed by atoms with Crippen molar-refractivity contribution >= 4 is 45.1 Å². The molecule has 0 atom stereocenters. The van der Waals surface area contributed by atoms with E-state index in [0.29, 0.717) is 43.5 Å². The van der Waals surface area contributed by atoms with Gasteiger partial charge in [0.25, 0.3) is 11.8 Å². The van der Waals surface area contributed by atoms with Crippen molar-refractivity contribution in [3.05, 3.63) is 50.8 Å². The SMILES string of the molecule is Cc1c(/C=C2\C(=O)Nc3ccc(Br)cc32)[nH]c2c1C(=O)N(CC1(O)CCN(C)CC1)CC2. The lowest BCUT2D eigenvalue weighted by molar-refractivity contribution is -0.110. The lowest BCUT2D eigenvalue weighted by atomic mass is 9.90. The number of hydrogen-bond acceptors (Lipinski definition) is 4. The minimum atomic E-state index is -0.826. The number of nitrogens with one attached hydrogen (secondary N) is 2. The molecule has 32 heavy (non-hydrogen) atoms. The van der Waals surface area contributed by atoms with Crippen LogP contribution in [0.4, 0.5) is 5.69 Å². The van der Waals surface area contributed by atoms with Gasteiger partial charge in [0.05, 0.1) is 16.7 Å². The molecule has 0 radical (unpaired) electrons. The first kappa shape index (κ1) is 21.4. The fraction of sp³-hybridized carbons (Fsp3) is 0.417. The van der Waals surface area contributed by atoms with E-state index in [-0.39, 0.29) is 11.8 Å². The van der Waals surface area contributed by atoms with Crippen LogP contribution in [-0.4, -0.2) is 70.5 Å². The number of hydrogen-bond donors (Lipinski definition) is 3. The van der Waals surface area contributed by atoms with Crippen molar-refractivity contribution in [3.63, 3.8) is 0 Å². The van der Waals surface area contributed by atoms with E-state index in [1.165, 1.54) is 0 Å². The number of β-amino-alcohol motifs (C(OH)–C–C–N with tert-alkyl or cyclic N) is 1. The smallest absolute Gasteiger partial charge is 0.256 e. The average molecular weight is 499 g/mol. The minimum Gasteiger partial charge on any atom is -0.388 e. The van der Waals surface area contributed by atoms with Gasteiger partial charge in [-0.25, -0.2) is 0 Å². The van der Waals surface area contributed by atoms with Crippen molar-refractivity contribution < 1.29 is 14.7 Å². The Hall–Kier alpha value is -2.42. The van der Waals surface area contributed by atoms with Gasteiger partial charge in [-0.3, -0.25) is 9.59 Å². The Kier molecular flexibility index (Phi) is 5.27. The highest BCUT2D eigenvalue weighted by atomic mass is 79.9. The zero-order valence-corrected chi connectivity index (χ0v) is 19.9. The van der Waals surface area contributed by atoms with E-state index in [1.54, 1.807) is 4.90 Å². The molecule has 3 aliphatic heterocycles. The van der Waals surface area contributed by atoms with Crippen LogP contribution in [0.5, 0.6) is 0 Å². The first-order valence-electron chi connectivity index (χ1n) is 11.0. The second-order valence-electron chi connectivity index (χ2n) is 9.22. The Morgan fingerprint density at radius 3 is 2.72 bits per heavy atom. The molecule has 0 saturated carbocycles. The second-order valence-corrected chi connectivity index (χ2v) is 10.1. The highest BCUT2D eigenvalue weighted by molar-refractivity contribution is 9.10. The maximum atomic E-state index is 13.4. The number of aromatic amines is 1. The van der Waals surface area contributed by atoms with Crippen molar-refractivity contribution in [1.29, 1.82) is 0 Å². The van der Waals surface area contributed by atoms with Crippen LogP contribution in [-0.2, 0) is 11.2 Å². The Balaban J connectivity index is 1.43. The summed E-state index contributed by atoms with van der Waals surface area (Å²) in [6.45, 7) is 4.54. The quantitative estimate of drug-likeness (QED) is 0.567. The van der Waals surface area contributed by atoms with E-state index < -0.39 is 5.60 Å². The van der Waals surface area contributed by atoms with Crippen LogP contribution in [0.1, 0.15) is 45.7 Å². The van der Waals surface area contributed by atoms with E-state index in [1.807, 2.05) is 31.2 Å². The third kappa shape index (κ3) is 3.70. The van der Waals surface area contributed by atoms with Crippen molar-refractivity contribution in [1.82, 2.24) is 14.8 Å². The van der Waals surface area contributed by atoms with Crippen LogP contribution in [0.15, 0.2) is 22.7 Å². The standard InChI is InChI=1S/C24H27BrN4O3/c1-14-20(12-17-16-11-15(25)3-4-18(16)27-22(17)30)26-19-5-8-29(23(31)21(14)19)13-24(32)6-9-28(2)10-7-24/h3-4,11-12,26,32H,5-10,13H2,1-2H3,(H,27,30)/b17-12-. The molecule has 0 unspecified atom stereocenters. The van der Waals surface area contributed by atoms with Crippen molar-refractivity contribution in [3.8, 4) is 0 Å². The van der Waals surface area contributed by atoms with Gasteiger partial charge >= 0.3 is 0 Å². The maximum absolute atomic E-state index is 13.4. The molecule has 4 heterocycles. The van der Waals surface area contributed by atoms with Crippen molar-refractivity contribution in [2.45, 2.75) is 31.8 Å². The molecule has 0 aliphatic carbocycles. The van der Waals surface area contributed by atoms with E-state index >= 15 is 0 Å². The first-order chi connectivity index (χ1) is 15.2. The number of rotatable bonds is 3. The molecule has 5 rings (SSSR count). The predicted molar refractivity (Wildman–Crippen MR) is 127 cm³/mol. The number of likely N-dealkylation sites (tertiary alicyclic amines) is 1. The van der Waals surface area contributed by atoms with Gasteiger partial charge in [0.1, 0.15) is 0 Å². The molecule has 1 aromatic heterocycles. The Morgan fingerprint density at radius 2 is 1.97 bits per heavy atom. The molecule has 1 aromatic carbocycles. The third-order valence-corrected chi connectivity index (χ3v) is 7.45. The van der Waals surface area contributed by atoms with E-state index in [9.17, 15) is 14.7 Å². The molecule has 168 valence electrons. The van der Waals surface area contributed by atoms with E-state index in [4.69, 9.17) is 0 Å². The third-order valence-electron chi connectivity index (χ3n) is 6.96. The summed E-state index contributed by atoms with van der Waals surface area (Å²) in [5.74, 6) is -0.196. The van der Waals surface area contributed by atoms with Crippen LogP contribution in [0.25, 0.3) is 11.6 Å². The van der Waals surface area contributed by atoms with Crippen LogP contribution in [0, 0.1) is 6.92 Å². The van der Waals surface area contributed by atoms with Crippen LogP contribution < -0.4 is 5.32 Å². The number of amides is 2. The molecule has 3 N–H and O–H groups in total. The Bertz CT molecular complexity index is 1140. The molecule has 2 amide bonds. The van der Waals surface area contributed by atoms with E-state index in [2.05, 4.69) is 38.2 Å². The Morgan fingerprint density at radius 1 is 1.22 bits per heavy atom. The molecule has 0 spiro atoms. The zero-order valence-electron chi connectivity index (χ0n) is 18.3. The number of aromatic nitrogens is 1. The van der Waals surface area contributed by atoms with Gasteiger partial charge in [-0.15, -0.1) is 0 Å². The summed E-state index contributed by atoms with van der Waals surface area (Å²) in [7, 11) is 2.05. The lowest BCUT2D eigenvalue weighted by Gasteiger charge is -2.40. The topological polar surface area (TPSA) is 88.7 Å². The fourth-order valence-corrected chi connectivity index (χ4v) is 5.32. The van der Waals surface area contributed by atoms with Crippen LogP contribution in [0.2, 0.25) is 0 Å². The molecule has 8 heteroatoms. The van der Waals surface area contributed by atoms with Gasteiger partial charge < -0.3 is 25.2 Å². The minimum absolute atomic E-state index is 0.0454. The summed E-state index contributed by atoms with van der Waals surface area (Å²) in [6, 6.07) is 5.69. The average Bonchev–Trinajstić information content (AvgIpc) is 3.24. The first-order valence-corrected chi connectivity index (χ1v) is 11.8. The number of piperidine rings is 1. The molecule has 1 fully saturated rings. The number of H-pyrrole nitrogens is 1. The number of aliphatic hydroxyl groups is 1. The number of anilines is 1. The molecule has 3 aliphatic rings. The predicted octanol–water partition coefficient (Wildman–Crippen LogP) is 3.03. The van der Waals surface area contributed by atoms with Crippen LogP contribution in [0.3, 0.4) is 0 Å². The normalized spacial score (nSPS) is 21.6. The highest BCUT2D eigenvalue weighted by Crippen LogP contribution is 2.36. The van der Waals surface area contributed by atoms with Gasteiger partial charge in [-0.1, -0.05) is 15.9 Å². The number of fused-ring (bicyclic) bond motifs is 2. The summed E-state index contributed by atoms with van der Waals surface area (Å²) in [4.78, 5) is 33.3. The van der Waals surface area contributed by atoms with Gasteiger partial charge in [0.2, 0.25) is 0 Å².